The van der Waals surface area contributed by atoms with Gasteiger partial charge >= 0.3 is 35.6 Å². The number of piperazine rings is 1. The standard InChI is InChI=1S/C23H41N2Si.CH3.2ClH.Ti/c1-8-18-13-21-20(17(4)5)14-19(16(2)3)15-22(21)23(18)26(6,7)25-11-9-24-10-12-25;;;;/h14-18,21-23H,8-13H2,1-7H3;1H3;2*1H;/q2*-1;;;+2/p-2. The van der Waals surface area contributed by atoms with Crippen LogP contribution in [0.4, 0.5) is 0 Å². The first-order chi connectivity index (χ1) is 13.7. The summed E-state index contributed by atoms with van der Waals surface area (Å²) in [6, 6.07) is 0. The number of hydrogen-bond acceptors (Lipinski definition) is 1. The van der Waals surface area contributed by atoms with Crippen molar-refractivity contribution < 1.29 is 17.0 Å². The van der Waals surface area contributed by atoms with Crippen LogP contribution in [0.25, 0.3) is 5.32 Å². The van der Waals surface area contributed by atoms with Crippen LogP contribution in [0.3, 0.4) is 0 Å². The second-order valence-corrected chi connectivity index (χ2v) is 17.3. The maximum atomic E-state index is 4.89. The zero-order valence-electron chi connectivity index (χ0n) is 20.5. The van der Waals surface area contributed by atoms with Crippen molar-refractivity contribution in [3.8, 4) is 0 Å². The SMILES string of the molecule is CCC1CC2C(C(C)C)=CC(C(C)C)=CC2C1[Si](C)(C)N1CC[N-]CC1.[CH3-].[Cl][Ti][Cl]. The van der Waals surface area contributed by atoms with Gasteiger partial charge in [-0.3, -0.25) is 0 Å². The Balaban J connectivity index is 0.00000106. The molecule has 0 spiro atoms. The fourth-order valence-electron chi connectivity index (χ4n) is 6.16. The van der Waals surface area contributed by atoms with Crippen LogP contribution in [0.1, 0.15) is 47.5 Å². The Kier molecular flexibility index (Phi) is 12.5. The first-order valence-electron chi connectivity index (χ1n) is 11.5. The molecule has 3 rings (SSSR count). The number of fused-ring (bicyclic) bond motifs is 1. The van der Waals surface area contributed by atoms with E-state index < -0.39 is 25.3 Å². The van der Waals surface area contributed by atoms with E-state index in [-0.39, 0.29) is 7.43 Å². The van der Waals surface area contributed by atoms with Crippen LogP contribution in [0, 0.1) is 37.0 Å². The van der Waals surface area contributed by atoms with E-state index in [4.69, 9.17) is 18.6 Å². The third kappa shape index (κ3) is 6.49. The summed E-state index contributed by atoms with van der Waals surface area (Å²) in [5.74, 6) is 3.80. The van der Waals surface area contributed by atoms with Gasteiger partial charge in [0.2, 0.25) is 0 Å². The summed E-state index contributed by atoms with van der Waals surface area (Å²) in [7, 11) is 8.29. The van der Waals surface area contributed by atoms with Gasteiger partial charge in [0.25, 0.3) is 0 Å². The van der Waals surface area contributed by atoms with E-state index in [1.165, 1.54) is 25.9 Å². The van der Waals surface area contributed by atoms with Gasteiger partial charge in [-0.1, -0.05) is 71.9 Å². The van der Waals surface area contributed by atoms with Crippen molar-refractivity contribution in [1.29, 1.82) is 0 Å². The number of rotatable bonds is 5. The van der Waals surface area contributed by atoms with Gasteiger partial charge in [-0.15, -0.1) is 13.1 Å². The van der Waals surface area contributed by atoms with Crippen LogP contribution in [-0.4, -0.2) is 39.0 Å². The summed E-state index contributed by atoms with van der Waals surface area (Å²) >= 11 is -0.556. The summed E-state index contributed by atoms with van der Waals surface area (Å²) < 4.78 is 2.89. The van der Waals surface area contributed by atoms with E-state index >= 15 is 0 Å². The van der Waals surface area contributed by atoms with Crippen molar-refractivity contribution in [1.82, 2.24) is 4.57 Å². The predicted octanol–water partition coefficient (Wildman–Crippen LogP) is 7.92. The molecule has 30 heavy (non-hydrogen) atoms. The molecule has 1 saturated carbocycles. The fourth-order valence-corrected chi connectivity index (χ4v) is 10.7. The van der Waals surface area contributed by atoms with Crippen molar-refractivity contribution in [3.63, 3.8) is 0 Å². The van der Waals surface area contributed by atoms with Gasteiger partial charge in [-0.2, -0.15) is 0 Å². The Morgan fingerprint density at radius 3 is 2.17 bits per heavy atom. The Labute approximate surface area is 205 Å². The van der Waals surface area contributed by atoms with Crippen LogP contribution in [0.2, 0.25) is 18.6 Å². The summed E-state index contributed by atoms with van der Waals surface area (Å²) in [6.45, 7) is 21.9. The van der Waals surface area contributed by atoms with Gasteiger partial charge in [-0.25, -0.2) is 0 Å². The topological polar surface area (TPSA) is 17.3 Å². The molecule has 3 aliphatic rings. The molecule has 4 atom stereocenters. The average molecular weight is 507 g/mol. The van der Waals surface area contributed by atoms with Gasteiger partial charge in [0.1, 0.15) is 8.24 Å². The van der Waals surface area contributed by atoms with Crippen LogP contribution >= 0.6 is 18.6 Å². The van der Waals surface area contributed by atoms with Crippen molar-refractivity contribution in [2.24, 2.45) is 29.6 Å². The fraction of sp³-hybridized carbons (Fsp3) is 0.792. The summed E-state index contributed by atoms with van der Waals surface area (Å²) in [5, 5.41) is 4.62. The van der Waals surface area contributed by atoms with E-state index in [0.29, 0.717) is 11.8 Å². The van der Waals surface area contributed by atoms with E-state index in [2.05, 4.69) is 69.7 Å². The summed E-state index contributed by atoms with van der Waals surface area (Å²) in [4.78, 5) is 0. The maximum absolute atomic E-state index is 4.89. The molecule has 2 nitrogen and oxygen atoms in total. The number of nitrogens with zero attached hydrogens (tertiary/aromatic N) is 2. The number of hydrogen-bond donors (Lipinski definition) is 0. The Hall–Kier alpha value is 0.911. The predicted molar refractivity (Wildman–Crippen MR) is 135 cm³/mol. The molecule has 174 valence electrons. The van der Waals surface area contributed by atoms with E-state index in [9.17, 15) is 0 Å². The Morgan fingerprint density at radius 2 is 1.70 bits per heavy atom. The number of halogens is 2. The molecule has 4 unspecified atom stereocenters. The zero-order chi connectivity index (χ0) is 21.8. The average Bonchev–Trinajstić information content (AvgIpc) is 3.07. The second-order valence-electron chi connectivity index (χ2n) is 10.1. The third-order valence-electron chi connectivity index (χ3n) is 7.63. The quantitative estimate of drug-likeness (QED) is 0.273. The van der Waals surface area contributed by atoms with Crippen LogP contribution in [0.5, 0.6) is 0 Å². The van der Waals surface area contributed by atoms with Crippen LogP contribution in [-0.2, 0) is 17.0 Å². The van der Waals surface area contributed by atoms with Gasteiger partial charge in [0.15, 0.2) is 0 Å². The van der Waals surface area contributed by atoms with Gasteiger partial charge < -0.3 is 17.3 Å². The van der Waals surface area contributed by atoms with E-state index in [1.54, 1.807) is 11.1 Å². The van der Waals surface area contributed by atoms with Crippen molar-refractivity contribution >= 4 is 26.8 Å². The molecule has 1 saturated heterocycles. The molecular weight excluding hydrogens is 463 g/mol. The second kappa shape index (κ2) is 13.0. The molecule has 0 bridgehead atoms. The Morgan fingerprint density at radius 1 is 1.13 bits per heavy atom. The van der Waals surface area contributed by atoms with Gasteiger partial charge in [-0.05, 0) is 60.2 Å². The first-order valence-corrected chi connectivity index (χ1v) is 18.8. The summed E-state index contributed by atoms with van der Waals surface area (Å²) in [5.41, 5.74) is 4.25. The third-order valence-corrected chi connectivity index (χ3v) is 12.2. The number of allylic oxidation sites excluding steroid dienone is 4. The van der Waals surface area contributed by atoms with Crippen molar-refractivity contribution in [3.05, 3.63) is 36.0 Å². The molecule has 0 aromatic heterocycles. The normalized spacial score (nSPS) is 29.4. The molecule has 0 aromatic rings. The summed E-state index contributed by atoms with van der Waals surface area (Å²) in [6.07, 6.45) is 8.08. The van der Waals surface area contributed by atoms with Crippen LogP contribution in [0.15, 0.2) is 23.3 Å². The molecule has 0 amide bonds. The molecule has 1 aliphatic heterocycles. The molecule has 1 heterocycles. The van der Waals surface area contributed by atoms with E-state index in [1.807, 2.05) is 0 Å². The van der Waals surface area contributed by atoms with Crippen molar-refractivity contribution in [2.45, 2.75) is 66.1 Å². The monoisotopic (exact) mass is 506 g/mol. The molecule has 0 N–H and O–H groups in total. The molecular formula is C24H44Cl2N2SiTi-2. The zero-order valence-corrected chi connectivity index (χ0v) is 24.6. The first kappa shape index (κ1) is 28.9. The van der Waals surface area contributed by atoms with E-state index in [0.717, 1.165) is 36.4 Å². The molecule has 6 heteroatoms. The van der Waals surface area contributed by atoms with Crippen LogP contribution < -0.4 is 0 Å². The molecule has 0 aromatic carbocycles. The Bertz CT molecular complexity index is 586. The molecule has 2 fully saturated rings. The minimum atomic E-state index is -1.49. The molecule has 2 aliphatic carbocycles. The van der Waals surface area contributed by atoms with Gasteiger partial charge in [0, 0.05) is 0 Å². The minimum absolute atomic E-state index is 0. The van der Waals surface area contributed by atoms with Crippen molar-refractivity contribution in [2.75, 3.05) is 26.2 Å². The molecule has 0 radical (unpaired) electrons. The van der Waals surface area contributed by atoms with Gasteiger partial charge in [0.05, 0.1) is 0 Å².